The Kier molecular flexibility index (Phi) is 8.25. The summed E-state index contributed by atoms with van der Waals surface area (Å²) in [5, 5.41) is 9.43. The molecule has 0 aliphatic heterocycles. The molecule has 1 unspecified atom stereocenters. The average molecular weight is 317 g/mol. The molecule has 18 heavy (non-hydrogen) atoms. The summed E-state index contributed by atoms with van der Waals surface area (Å²) in [4.78, 5) is 0. The van der Waals surface area contributed by atoms with E-state index < -0.39 is 0 Å². The van der Waals surface area contributed by atoms with E-state index in [4.69, 9.17) is 9.47 Å². The summed E-state index contributed by atoms with van der Waals surface area (Å²) in [6.45, 7) is 2.16. The fourth-order valence-electron chi connectivity index (χ4n) is 1.80. The molecule has 0 aliphatic carbocycles. The van der Waals surface area contributed by atoms with E-state index in [2.05, 4.69) is 28.1 Å². The Morgan fingerprint density at radius 1 is 1.28 bits per heavy atom. The molecule has 0 spiro atoms. The molecule has 1 aromatic carbocycles. The molecular formula is C14H21BrO3. The average Bonchev–Trinajstić information content (AvgIpc) is 2.38. The van der Waals surface area contributed by atoms with Gasteiger partial charge in [-0.05, 0) is 30.5 Å². The zero-order valence-electron chi connectivity index (χ0n) is 10.8. The molecule has 1 atom stereocenters. The zero-order valence-corrected chi connectivity index (χ0v) is 12.4. The van der Waals surface area contributed by atoms with Crippen LogP contribution in [0.4, 0.5) is 0 Å². The Balaban J connectivity index is 2.29. The highest BCUT2D eigenvalue weighted by Crippen LogP contribution is 2.23. The van der Waals surface area contributed by atoms with Crippen LogP contribution in [0, 0.1) is 0 Å². The number of methoxy groups -OCH3 is 1. The van der Waals surface area contributed by atoms with Gasteiger partial charge in [-0.15, -0.1) is 0 Å². The largest absolute Gasteiger partial charge is 0.396 e. The normalized spacial score (nSPS) is 12.6. The van der Waals surface area contributed by atoms with Gasteiger partial charge in [-0.1, -0.05) is 28.1 Å². The van der Waals surface area contributed by atoms with Crippen molar-refractivity contribution < 1.29 is 14.6 Å². The number of aliphatic hydroxyl groups is 1. The van der Waals surface area contributed by atoms with Gasteiger partial charge in [0.2, 0.25) is 0 Å². The molecule has 0 fully saturated rings. The van der Waals surface area contributed by atoms with Gasteiger partial charge in [0.15, 0.2) is 0 Å². The van der Waals surface area contributed by atoms with Crippen molar-refractivity contribution in [3.05, 3.63) is 34.3 Å². The maximum Gasteiger partial charge on any atom is 0.0700 e. The lowest BCUT2D eigenvalue weighted by Crippen LogP contribution is -2.08. The lowest BCUT2D eigenvalue weighted by Gasteiger charge is -2.15. The smallest absolute Gasteiger partial charge is 0.0700 e. The molecule has 0 aliphatic rings. The molecule has 1 aromatic rings. The van der Waals surface area contributed by atoms with Crippen LogP contribution in [0.15, 0.2) is 28.7 Å². The standard InChI is InChI=1S/C14H21BrO3/c1-17-8-9-18-7-3-5-13(11-16)12-4-2-6-14(15)10-12/h2,4,6,10,13,16H,3,5,7-9,11H2,1H3. The quantitative estimate of drug-likeness (QED) is 0.712. The molecular weight excluding hydrogens is 296 g/mol. The van der Waals surface area contributed by atoms with Crippen molar-refractivity contribution in [3.63, 3.8) is 0 Å². The topological polar surface area (TPSA) is 38.7 Å². The van der Waals surface area contributed by atoms with Gasteiger partial charge in [-0.3, -0.25) is 0 Å². The van der Waals surface area contributed by atoms with Gasteiger partial charge in [-0.25, -0.2) is 0 Å². The summed E-state index contributed by atoms with van der Waals surface area (Å²) < 4.78 is 11.4. The zero-order chi connectivity index (χ0) is 13.2. The van der Waals surface area contributed by atoms with Crippen molar-refractivity contribution >= 4 is 15.9 Å². The van der Waals surface area contributed by atoms with Crippen LogP contribution >= 0.6 is 15.9 Å². The third-order valence-corrected chi connectivity index (χ3v) is 3.31. The van der Waals surface area contributed by atoms with Gasteiger partial charge in [0, 0.05) is 30.7 Å². The maximum absolute atomic E-state index is 9.43. The van der Waals surface area contributed by atoms with Crippen LogP contribution < -0.4 is 0 Å². The van der Waals surface area contributed by atoms with Gasteiger partial charge in [0.25, 0.3) is 0 Å². The number of hydrogen-bond donors (Lipinski definition) is 1. The van der Waals surface area contributed by atoms with E-state index in [1.807, 2.05) is 12.1 Å². The van der Waals surface area contributed by atoms with Gasteiger partial charge < -0.3 is 14.6 Å². The van der Waals surface area contributed by atoms with Crippen molar-refractivity contribution in [1.82, 2.24) is 0 Å². The van der Waals surface area contributed by atoms with E-state index in [9.17, 15) is 5.11 Å². The minimum atomic E-state index is 0.175. The molecule has 4 heteroatoms. The van der Waals surface area contributed by atoms with E-state index in [-0.39, 0.29) is 12.5 Å². The first-order valence-electron chi connectivity index (χ1n) is 6.21. The second kappa shape index (κ2) is 9.50. The van der Waals surface area contributed by atoms with E-state index in [0.29, 0.717) is 19.8 Å². The van der Waals surface area contributed by atoms with Gasteiger partial charge in [0.1, 0.15) is 0 Å². The molecule has 3 nitrogen and oxygen atoms in total. The highest BCUT2D eigenvalue weighted by atomic mass is 79.9. The molecule has 1 N–H and O–H groups in total. The number of benzene rings is 1. The Morgan fingerprint density at radius 2 is 2.11 bits per heavy atom. The Labute approximate surface area is 117 Å². The van der Waals surface area contributed by atoms with Gasteiger partial charge >= 0.3 is 0 Å². The molecule has 0 radical (unpaired) electrons. The predicted octanol–water partition coefficient (Wildman–Crippen LogP) is 2.97. The van der Waals surface area contributed by atoms with Gasteiger partial charge in [0.05, 0.1) is 13.2 Å². The molecule has 0 saturated carbocycles. The monoisotopic (exact) mass is 316 g/mol. The second-order valence-electron chi connectivity index (χ2n) is 4.18. The van der Waals surface area contributed by atoms with Crippen LogP contribution in [-0.2, 0) is 9.47 Å². The van der Waals surface area contributed by atoms with E-state index in [1.165, 1.54) is 5.56 Å². The van der Waals surface area contributed by atoms with E-state index in [1.54, 1.807) is 7.11 Å². The number of halogens is 1. The molecule has 0 aromatic heterocycles. The predicted molar refractivity (Wildman–Crippen MR) is 75.9 cm³/mol. The number of hydrogen-bond acceptors (Lipinski definition) is 3. The van der Waals surface area contributed by atoms with Crippen LogP contribution in [0.2, 0.25) is 0 Å². The van der Waals surface area contributed by atoms with Crippen molar-refractivity contribution in [2.24, 2.45) is 0 Å². The first kappa shape index (κ1) is 15.6. The Hall–Kier alpha value is -0.420. The third-order valence-electron chi connectivity index (χ3n) is 2.81. The summed E-state index contributed by atoms with van der Waals surface area (Å²) in [7, 11) is 1.67. The van der Waals surface area contributed by atoms with E-state index in [0.717, 1.165) is 17.3 Å². The highest BCUT2D eigenvalue weighted by Gasteiger charge is 2.10. The van der Waals surface area contributed by atoms with Crippen LogP contribution in [0.5, 0.6) is 0 Å². The second-order valence-corrected chi connectivity index (χ2v) is 5.10. The summed E-state index contributed by atoms with van der Waals surface area (Å²) in [5.41, 5.74) is 1.17. The van der Waals surface area contributed by atoms with Crippen molar-refractivity contribution in [1.29, 1.82) is 0 Å². The Bertz CT molecular complexity index is 331. The lowest BCUT2D eigenvalue weighted by molar-refractivity contribution is 0.0673. The molecule has 1 rings (SSSR count). The third kappa shape index (κ3) is 5.96. The van der Waals surface area contributed by atoms with Gasteiger partial charge in [-0.2, -0.15) is 0 Å². The van der Waals surface area contributed by atoms with Crippen LogP contribution in [-0.4, -0.2) is 38.6 Å². The fraction of sp³-hybridized carbons (Fsp3) is 0.571. The number of rotatable bonds is 9. The Morgan fingerprint density at radius 3 is 2.78 bits per heavy atom. The molecule has 102 valence electrons. The SMILES string of the molecule is COCCOCCCC(CO)c1cccc(Br)c1. The minimum absolute atomic E-state index is 0.175. The first-order chi connectivity index (χ1) is 8.77. The highest BCUT2D eigenvalue weighted by molar-refractivity contribution is 9.10. The summed E-state index contributed by atoms with van der Waals surface area (Å²) >= 11 is 3.45. The van der Waals surface area contributed by atoms with Crippen molar-refractivity contribution in [2.45, 2.75) is 18.8 Å². The molecule has 0 saturated heterocycles. The maximum atomic E-state index is 9.43. The summed E-state index contributed by atoms with van der Waals surface area (Å²) in [6.07, 6.45) is 1.88. The molecule has 0 amide bonds. The van der Waals surface area contributed by atoms with Crippen LogP contribution in [0.1, 0.15) is 24.3 Å². The van der Waals surface area contributed by atoms with Crippen LogP contribution in [0.3, 0.4) is 0 Å². The number of ether oxygens (including phenoxy) is 2. The van der Waals surface area contributed by atoms with Crippen molar-refractivity contribution in [3.8, 4) is 0 Å². The molecule has 0 heterocycles. The summed E-state index contributed by atoms with van der Waals surface area (Å²) in [6, 6.07) is 8.10. The van der Waals surface area contributed by atoms with E-state index >= 15 is 0 Å². The fourth-order valence-corrected chi connectivity index (χ4v) is 2.22. The molecule has 0 bridgehead atoms. The number of aliphatic hydroxyl groups excluding tert-OH is 1. The first-order valence-corrected chi connectivity index (χ1v) is 7.00. The lowest BCUT2D eigenvalue weighted by atomic mass is 9.95. The minimum Gasteiger partial charge on any atom is -0.396 e. The van der Waals surface area contributed by atoms with Crippen molar-refractivity contribution in [2.75, 3.05) is 33.5 Å². The van der Waals surface area contributed by atoms with Crippen LogP contribution in [0.25, 0.3) is 0 Å². The summed E-state index contributed by atoms with van der Waals surface area (Å²) in [5.74, 6) is 0.188.